The summed E-state index contributed by atoms with van der Waals surface area (Å²) in [6.07, 6.45) is -0.826. The summed E-state index contributed by atoms with van der Waals surface area (Å²) in [6, 6.07) is -0.113. The summed E-state index contributed by atoms with van der Waals surface area (Å²) >= 11 is 0.593. The fourth-order valence-corrected chi connectivity index (χ4v) is 3.25. The largest absolute Gasteiger partial charge is 0.443 e. The van der Waals surface area contributed by atoms with Crippen LogP contribution in [-0.4, -0.2) is 23.1 Å². The molecule has 0 aliphatic rings. The van der Waals surface area contributed by atoms with Crippen molar-refractivity contribution < 1.29 is 18.0 Å². The third-order valence-corrected chi connectivity index (χ3v) is 4.97. The molecule has 140 valence electrons. The van der Waals surface area contributed by atoms with Crippen LogP contribution in [0.25, 0.3) is 0 Å². The molecular weight excluding hydrogens is 351 g/mol. The van der Waals surface area contributed by atoms with Gasteiger partial charge in [0.05, 0.1) is 5.69 Å². The number of nitrogens with one attached hydrogen (secondary N) is 2. The van der Waals surface area contributed by atoms with Gasteiger partial charge in [-0.15, -0.1) is 11.3 Å². The molecule has 0 saturated carbocycles. The van der Waals surface area contributed by atoms with Crippen LogP contribution in [0.2, 0.25) is 0 Å². The van der Waals surface area contributed by atoms with E-state index < -0.39 is 11.2 Å². The van der Waals surface area contributed by atoms with Gasteiger partial charge in [-0.2, -0.15) is 13.2 Å². The van der Waals surface area contributed by atoms with Crippen LogP contribution in [0.1, 0.15) is 50.2 Å². The zero-order chi connectivity index (χ0) is 19.0. The molecule has 1 heterocycles. The van der Waals surface area contributed by atoms with Gasteiger partial charge in [0.1, 0.15) is 0 Å². The molecule has 0 spiro atoms. The Bertz CT molecular complexity index is 598. The minimum absolute atomic E-state index is 0.113. The summed E-state index contributed by atoms with van der Waals surface area (Å²) in [5.74, 6) is -0.120. The van der Waals surface area contributed by atoms with Gasteiger partial charge in [0.25, 0.3) is 0 Å². The Balaban J connectivity index is 2.55. The SMILES string of the molecule is C=C(C)C(CCCC(=N)C(CC)Cc1csc(C(F)(F)F)n1)NC=O. The molecule has 1 aromatic heterocycles. The number of alkyl halides is 3. The van der Waals surface area contributed by atoms with E-state index in [1.165, 1.54) is 5.38 Å². The van der Waals surface area contributed by atoms with Crippen molar-refractivity contribution >= 4 is 23.5 Å². The number of hydrogen-bond acceptors (Lipinski definition) is 4. The highest BCUT2D eigenvalue weighted by atomic mass is 32.1. The molecule has 0 saturated heterocycles. The molecule has 8 heteroatoms. The maximum absolute atomic E-state index is 12.6. The lowest BCUT2D eigenvalue weighted by Crippen LogP contribution is -2.28. The van der Waals surface area contributed by atoms with E-state index in [9.17, 15) is 18.0 Å². The van der Waals surface area contributed by atoms with E-state index in [0.717, 1.165) is 5.57 Å². The van der Waals surface area contributed by atoms with Crippen molar-refractivity contribution in [2.45, 2.75) is 58.2 Å². The van der Waals surface area contributed by atoms with E-state index in [2.05, 4.69) is 16.9 Å². The molecule has 0 bridgehead atoms. The second-order valence-corrected chi connectivity index (χ2v) is 6.91. The summed E-state index contributed by atoms with van der Waals surface area (Å²) < 4.78 is 37.9. The third kappa shape index (κ3) is 6.97. The minimum atomic E-state index is -4.42. The lowest BCUT2D eigenvalue weighted by molar-refractivity contribution is -0.137. The van der Waals surface area contributed by atoms with Crippen LogP contribution < -0.4 is 5.32 Å². The Labute approximate surface area is 150 Å². The third-order valence-electron chi connectivity index (χ3n) is 4.04. The first-order chi connectivity index (χ1) is 11.7. The smallest absolute Gasteiger partial charge is 0.352 e. The van der Waals surface area contributed by atoms with Crippen LogP contribution in [0.4, 0.5) is 13.2 Å². The van der Waals surface area contributed by atoms with Crippen LogP contribution in [-0.2, 0) is 17.4 Å². The minimum Gasteiger partial charge on any atom is -0.352 e. The van der Waals surface area contributed by atoms with Crippen LogP contribution in [0.15, 0.2) is 17.5 Å². The summed E-state index contributed by atoms with van der Waals surface area (Å²) in [5.41, 5.74) is 1.75. The first kappa shape index (κ1) is 21.3. The second-order valence-electron chi connectivity index (χ2n) is 6.05. The number of halogens is 3. The normalized spacial score (nSPS) is 14.0. The van der Waals surface area contributed by atoms with Crippen molar-refractivity contribution in [3.8, 4) is 0 Å². The maximum atomic E-state index is 12.6. The molecule has 2 N–H and O–H groups in total. The van der Waals surface area contributed by atoms with Crippen LogP contribution >= 0.6 is 11.3 Å². The highest BCUT2D eigenvalue weighted by Gasteiger charge is 2.34. The molecule has 0 aromatic carbocycles. The van der Waals surface area contributed by atoms with Gasteiger partial charge in [-0.3, -0.25) is 4.79 Å². The molecule has 1 amide bonds. The Hall–Kier alpha value is -1.70. The van der Waals surface area contributed by atoms with Gasteiger partial charge in [-0.05, 0) is 39.0 Å². The van der Waals surface area contributed by atoms with Crippen molar-refractivity contribution in [1.29, 1.82) is 5.41 Å². The maximum Gasteiger partial charge on any atom is 0.443 e. The monoisotopic (exact) mass is 375 g/mol. The van der Waals surface area contributed by atoms with Gasteiger partial charge in [-0.25, -0.2) is 4.98 Å². The van der Waals surface area contributed by atoms with Gasteiger partial charge in [-0.1, -0.05) is 19.1 Å². The predicted octanol–water partition coefficient (Wildman–Crippen LogP) is 4.61. The van der Waals surface area contributed by atoms with Gasteiger partial charge < -0.3 is 10.7 Å². The summed E-state index contributed by atoms with van der Waals surface area (Å²) in [7, 11) is 0. The number of aromatic nitrogens is 1. The molecule has 0 aliphatic carbocycles. The fourth-order valence-electron chi connectivity index (χ4n) is 2.55. The van der Waals surface area contributed by atoms with E-state index in [1.54, 1.807) is 0 Å². The van der Waals surface area contributed by atoms with Gasteiger partial charge in [0.2, 0.25) is 6.41 Å². The predicted molar refractivity (Wildman–Crippen MR) is 94.0 cm³/mol. The number of rotatable bonds is 11. The zero-order valence-electron chi connectivity index (χ0n) is 14.4. The Kier molecular flexibility index (Phi) is 8.28. The van der Waals surface area contributed by atoms with Crippen molar-refractivity contribution in [3.63, 3.8) is 0 Å². The Morgan fingerprint density at radius 1 is 1.52 bits per heavy atom. The molecular formula is C17H24F3N3OS. The number of thiazole rings is 1. The van der Waals surface area contributed by atoms with Crippen LogP contribution in [0.5, 0.6) is 0 Å². The average molecular weight is 375 g/mol. The molecule has 1 aromatic rings. The van der Waals surface area contributed by atoms with Gasteiger partial charge in [0, 0.05) is 23.1 Å². The van der Waals surface area contributed by atoms with E-state index in [4.69, 9.17) is 5.41 Å². The number of nitrogens with zero attached hydrogens (tertiary/aromatic N) is 1. The summed E-state index contributed by atoms with van der Waals surface area (Å²) in [6.45, 7) is 7.58. The summed E-state index contributed by atoms with van der Waals surface area (Å²) in [5, 5.41) is 11.5. The van der Waals surface area contributed by atoms with Crippen molar-refractivity contribution in [2.24, 2.45) is 5.92 Å². The van der Waals surface area contributed by atoms with Crippen LogP contribution in [0, 0.1) is 11.3 Å². The standard InChI is InChI=1S/C17H24F3N3OS/c1-4-12(8-13-9-25-16(23-13)17(18,19)20)14(21)6-5-7-15(11(2)3)22-10-24/h9-10,12,15,21H,2,4-8H2,1,3H3,(H,22,24). The molecule has 2 atom stereocenters. The number of carbonyl (C=O) groups excluding carboxylic acids is 1. The lowest BCUT2D eigenvalue weighted by atomic mass is 9.91. The average Bonchev–Trinajstić information content (AvgIpc) is 3.00. The highest BCUT2D eigenvalue weighted by Crippen LogP contribution is 2.32. The molecule has 0 fully saturated rings. The molecule has 1 rings (SSSR count). The van der Waals surface area contributed by atoms with E-state index in [0.29, 0.717) is 61.3 Å². The van der Waals surface area contributed by atoms with Crippen molar-refractivity contribution in [3.05, 3.63) is 28.2 Å². The zero-order valence-corrected chi connectivity index (χ0v) is 15.3. The van der Waals surface area contributed by atoms with Gasteiger partial charge >= 0.3 is 6.18 Å². The first-order valence-corrected chi connectivity index (χ1v) is 9.01. The molecule has 0 radical (unpaired) electrons. The fraction of sp³-hybridized carbons (Fsp3) is 0.588. The topological polar surface area (TPSA) is 65.8 Å². The number of carbonyl (C=O) groups is 1. The highest BCUT2D eigenvalue weighted by molar-refractivity contribution is 7.09. The summed E-state index contributed by atoms with van der Waals surface area (Å²) in [4.78, 5) is 14.2. The molecule has 2 unspecified atom stereocenters. The van der Waals surface area contributed by atoms with E-state index >= 15 is 0 Å². The molecule has 0 aliphatic heterocycles. The second kappa shape index (κ2) is 9.70. The van der Waals surface area contributed by atoms with Crippen molar-refractivity contribution in [1.82, 2.24) is 10.3 Å². The number of amides is 1. The first-order valence-electron chi connectivity index (χ1n) is 8.13. The van der Waals surface area contributed by atoms with Crippen LogP contribution in [0.3, 0.4) is 0 Å². The molecule has 25 heavy (non-hydrogen) atoms. The van der Waals surface area contributed by atoms with E-state index in [1.807, 2.05) is 13.8 Å². The van der Waals surface area contributed by atoms with Crippen molar-refractivity contribution in [2.75, 3.05) is 0 Å². The Morgan fingerprint density at radius 2 is 2.20 bits per heavy atom. The molecule has 4 nitrogen and oxygen atoms in total. The Morgan fingerprint density at radius 3 is 2.68 bits per heavy atom. The quantitative estimate of drug-likeness (QED) is 0.337. The number of hydrogen-bond donors (Lipinski definition) is 2. The van der Waals surface area contributed by atoms with Gasteiger partial charge in [0.15, 0.2) is 5.01 Å². The lowest BCUT2D eigenvalue weighted by Gasteiger charge is -2.18. The van der Waals surface area contributed by atoms with E-state index in [-0.39, 0.29) is 12.0 Å².